The van der Waals surface area contributed by atoms with Gasteiger partial charge in [-0.1, -0.05) is 23.7 Å². The molecule has 1 amide bonds. The maximum atomic E-state index is 12.1. The van der Waals surface area contributed by atoms with Gasteiger partial charge < -0.3 is 0 Å². The van der Waals surface area contributed by atoms with Crippen LogP contribution in [0, 0.1) is 10.1 Å². The van der Waals surface area contributed by atoms with Crippen molar-refractivity contribution in [2.75, 3.05) is 0 Å². The Bertz CT molecular complexity index is 965. The summed E-state index contributed by atoms with van der Waals surface area (Å²) in [6.45, 7) is 0. The number of hydrazone groups is 1. The van der Waals surface area contributed by atoms with E-state index in [1.54, 1.807) is 30.3 Å². The number of halogens is 1. The van der Waals surface area contributed by atoms with E-state index in [0.717, 1.165) is 5.56 Å². The lowest BCUT2D eigenvalue weighted by atomic mass is 10.1. The molecule has 0 bridgehead atoms. The zero-order valence-electron chi connectivity index (χ0n) is 13.2. The summed E-state index contributed by atoms with van der Waals surface area (Å²) in [5, 5.41) is 21.8. The summed E-state index contributed by atoms with van der Waals surface area (Å²) in [6, 6.07) is 14.4. The lowest BCUT2D eigenvalue weighted by Crippen LogP contribution is -2.17. The van der Waals surface area contributed by atoms with E-state index < -0.39 is 10.8 Å². The molecular weight excluding hydrogens is 358 g/mol. The molecule has 0 atom stereocenters. The summed E-state index contributed by atoms with van der Waals surface area (Å²) in [7, 11) is 0. The third-order valence-corrected chi connectivity index (χ3v) is 3.70. The number of H-pyrrole nitrogens is 1. The maximum Gasteiger partial charge on any atom is 0.289 e. The lowest BCUT2D eigenvalue weighted by Gasteiger charge is -1.96. The molecule has 0 aliphatic rings. The average Bonchev–Trinajstić information content (AvgIpc) is 3.13. The number of carbonyl (C=O) groups excluding carboxylic acids is 1. The molecular formula is C17H12ClN5O3. The second-order valence-electron chi connectivity index (χ2n) is 5.22. The molecule has 2 aromatic carbocycles. The highest BCUT2D eigenvalue weighted by molar-refractivity contribution is 6.30. The van der Waals surface area contributed by atoms with Gasteiger partial charge in [0.15, 0.2) is 0 Å². The van der Waals surface area contributed by atoms with Crippen LogP contribution in [-0.4, -0.2) is 27.2 Å². The van der Waals surface area contributed by atoms with Crippen molar-refractivity contribution >= 4 is 29.4 Å². The molecule has 0 aliphatic heterocycles. The lowest BCUT2D eigenvalue weighted by molar-refractivity contribution is -0.384. The molecule has 0 spiro atoms. The molecule has 0 saturated heterocycles. The molecule has 1 heterocycles. The van der Waals surface area contributed by atoms with Crippen LogP contribution in [-0.2, 0) is 0 Å². The number of benzene rings is 2. The van der Waals surface area contributed by atoms with Crippen molar-refractivity contribution in [2.45, 2.75) is 0 Å². The van der Waals surface area contributed by atoms with E-state index in [-0.39, 0.29) is 11.4 Å². The Morgan fingerprint density at radius 2 is 1.88 bits per heavy atom. The zero-order chi connectivity index (χ0) is 18.5. The Hall–Kier alpha value is -3.52. The van der Waals surface area contributed by atoms with Crippen LogP contribution >= 0.6 is 11.6 Å². The van der Waals surface area contributed by atoms with Gasteiger partial charge in [-0.25, -0.2) is 5.43 Å². The molecule has 9 heteroatoms. The number of rotatable bonds is 5. The van der Waals surface area contributed by atoms with Crippen molar-refractivity contribution in [3.8, 4) is 11.3 Å². The molecule has 3 aromatic rings. The largest absolute Gasteiger partial charge is 0.289 e. The molecule has 2 N–H and O–H groups in total. The first kappa shape index (κ1) is 17.3. The van der Waals surface area contributed by atoms with Crippen LogP contribution in [0.4, 0.5) is 5.69 Å². The Balaban J connectivity index is 1.63. The van der Waals surface area contributed by atoms with Crippen LogP contribution in [0.2, 0.25) is 5.02 Å². The predicted molar refractivity (Wildman–Crippen MR) is 97.2 cm³/mol. The standard InChI is InChI=1S/C17H12ClN5O3/c18-13-5-3-12(4-6-13)15-9-16(21-20-15)17(24)22-19-10-11-1-7-14(8-2-11)23(25)26/h1-10H,(H,20,21)(H,22,24)/b19-10-. The van der Waals surface area contributed by atoms with Crippen LogP contribution in [0.5, 0.6) is 0 Å². The molecule has 0 unspecified atom stereocenters. The van der Waals surface area contributed by atoms with E-state index in [1.807, 2.05) is 0 Å². The number of nitrogens with one attached hydrogen (secondary N) is 2. The minimum atomic E-state index is -0.487. The minimum absolute atomic E-state index is 0.0154. The average molecular weight is 370 g/mol. The van der Waals surface area contributed by atoms with E-state index in [9.17, 15) is 14.9 Å². The topological polar surface area (TPSA) is 113 Å². The summed E-state index contributed by atoms with van der Waals surface area (Å²) in [5.74, 6) is -0.462. The van der Waals surface area contributed by atoms with Crippen molar-refractivity contribution < 1.29 is 9.72 Å². The van der Waals surface area contributed by atoms with Gasteiger partial charge in [-0.05, 0) is 35.9 Å². The smallest absolute Gasteiger partial charge is 0.272 e. The Morgan fingerprint density at radius 1 is 1.19 bits per heavy atom. The molecule has 130 valence electrons. The number of nitrogens with zero attached hydrogens (tertiary/aromatic N) is 3. The van der Waals surface area contributed by atoms with Crippen molar-refractivity contribution in [1.29, 1.82) is 0 Å². The highest BCUT2D eigenvalue weighted by Gasteiger charge is 2.10. The van der Waals surface area contributed by atoms with Crippen LogP contribution < -0.4 is 5.43 Å². The SMILES string of the molecule is O=C(N/N=C\c1ccc([N+](=O)[O-])cc1)c1cc(-c2ccc(Cl)cc2)n[nH]1. The van der Waals surface area contributed by atoms with Crippen molar-refractivity contribution in [2.24, 2.45) is 5.10 Å². The molecule has 1 aromatic heterocycles. The second-order valence-corrected chi connectivity index (χ2v) is 5.66. The summed E-state index contributed by atoms with van der Waals surface area (Å²) in [4.78, 5) is 22.2. The first-order valence-electron chi connectivity index (χ1n) is 7.42. The van der Waals surface area contributed by atoms with Crippen LogP contribution in [0.1, 0.15) is 16.1 Å². The summed E-state index contributed by atoms with van der Waals surface area (Å²) in [5.41, 5.74) is 4.63. The molecule has 8 nitrogen and oxygen atoms in total. The van der Waals surface area contributed by atoms with E-state index in [0.29, 0.717) is 16.3 Å². The monoisotopic (exact) mass is 369 g/mol. The number of hydrogen-bond donors (Lipinski definition) is 2. The van der Waals surface area contributed by atoms with Crippen molar-refractivity contribution in [1.82, 2.24) is 15.6 Å². The number of carbonyl (C=O) groups is 1. The Kier molecular flexibility index (Phi) is 5.04. The highest BCUT2D eigenvalue weighted by Crippen LogP contribution is 2.20. The summed E-state index contributed by atoms with van der Waals surface area (Å²) < 4.78 is 0. The van der Waals surface area contributed by atoms with Gasteiger partial charge in [0.25, 0.3) is 11.6 Å². The number of aromatic nitrogens is 2. The fourth-order valence-corrected chi connectivity index (χ4v) is 2.24. The van der Waals surface area contributed by atoms with Gasteiger partial charge in [0.05, 0.1) is 16.8 Å². The molecule has 0 fully saturated rings. The number of aromatic amines is 1. The van der Waals surface area contributed by atoms with Gasteiger partial charge in [0.2, 0.25) is 0 Å². The minimum Gasteiger partial charge on any atom is -0.272 e. The van der Waals surface area contributed by atoms with E-state index in [2.05, 4.69) is 20.7 Å². The molecule has 0 aliphatic carbocycles. The maximum absolute atomic E-state index is 12.1. The summed E-state index contributed by atoms with van der Waals surface area (Å²) in [6.07, 6.45) is 1.39. The van der Waals surface area contributed by atoms with Gasteiger partial charge in [0.1, 0.15) is 5.69 Å². The first-order chi connectivity index (χ1) is 12.5. The van der Waals surface area contributed by atoms with Gasteiger partial charge in [-0.15, -0.1) is 0 Å². The van der Waals surface area contributed by atoms with Gasteiger partial charge in [-0.2, -0.15) is 10.2 Å². The van der Waals surface area contributed by atoms with Gasteiger partial charge in [-0.3, -0.25) is 20.0 Å². The zero-order valence-corrected chi connectivity index (χ0v) is 14.0. The third-order valence-electron chi connectivity index (χ3n) is 3.45. The Morgan fingerprint density at radius 3 is 2.54 bits per heavy atom. The van der Waals surface area contributed by atoms with E-state index in [4.69, 9.17) is 11.6 Å². The number of amides is 1. The van der Waals surface area contributed by atoms with Gasteiger partial charge >= 0.3 is 0 Å². The van der Waals surface area contributed by atoms with Crippen LogP contribution in [0.3, 0.4) is 0 Å². The van der Waals surface area contributed by atoms with Gasteiger partial charge in [0, 0.05) is 22.7 Å². The fraction of sp³-hybridized carbons (Fsp3) is 0. The van der Waals surface area contributed by atoms with E-state index in [1.165, 1.54) is 30.5 Å². The quantitative estimate of drug-likeness (QED) is 0.407. The first-order valence-corrected chi connectivity index (χ1v) is 7.80. The fourth-order valence-electron chi connectivity index (χ4n) is 2.11. The van der Waals surface area contributed by atoms with Crippen LogP contribution in [0.25, 0.3) is 11.3 Å². The summed E-state index contributed by atoms with van der Waals surface area (Å²) >= 11 is 5.85. The number of hydrogen-bond acceptors (Lipinski definition) is 5. The second kappa shape index (κ2) is 7.58. The number of non-ortho nitro benzene ring substituents is 1. The molecule has 0 radical (unpaired) electrons. The Labute approximate surface area is 152 Å². The number of nitro benzene ring substituents is 1. The predicted octanol–water partition coefficient (Wildman–Crippen LogP) is 3.40. The molecule has 26 heavy (non-hydrogen) atoms. The molecule has 3 rings (SSSR count). The van der Waals surface area contributed by atoms with Crippen molar-refractivity contribution in [3.63, 3.8) is 0 Å². The van der Waals surface area contributed by atoms with Crippen molar-refractivity contribution in [3.05, 3.63) is 81.0 Å². The van der Waals surface area contributed by atoms with Crippen LogP contribution in [0.15, 0.2) is 59.7 Å². The third kappa shape index (κ3) is 4.11. The normalized spacial score (nSPS) is 10.8. The van der Waals surface area contributed by atoms with E-state index >= 15 is 0 Å². The molecule has 0 saturated carbocycles. The number of nitro groups is 1. The highest BCUT2D eigenvalue weighted by atomic mass is 35.5.